The number of carbonyl (C=O) groups is 3. The van der Waals surface area contributed by atoms with E-state index in [2.05, 4.69) is 9.47 Å². The van der Waals surface area contributed by atoms with Gasteiger partial charge in [-0.1, -0.05) is 12.1 Å². The van der Waals surface area contributed by atoms with Crippen LogP contribution in [0.25, 0.3) is 0 Å². The molecule has 0 spiro atoms. The predicted octanol–water partition coefficient (Wildman–Crippen LogP) is 2.24. The first kappa shape index (κ1) is 15.0. The van der Waals surface area contributed by atoms with Crippen molar-refractivity contribution in [2.24, 2.45) is 0 Å². The van der Waals surface area contributed by atoms with E-state index in [9.17, 15) is 14.4 Å². The van der Waals surface area contributed by atoms with E-state index in [0.717, 1.165) is 12.8 Å². The average Bonchev–Trinajstić information content (AvgIpc) is 3.01. The number of hydrogen-bond acceptors (Lipinski definition) is 5. The summed E-state index contributed by atoms with van der Waals surface area (Å²) < 4.78 is 9.12. The van der Waals surface area contributed by atoms with Gasteiger partial charge in [-0.15, -0.1) is 0 Å². The third-order valence-corrected chi connectivity index (χ3v) is 3.21. The third kappa shape index (κ3) is 3.59. The highest BCUT2D eigenvalue weighted by Gasteiger charge is 2.25. The van der Waals surface area contributed by atoms with Gasteiger partial charge in [0.15, 0.2) is 0 Å². The molecule has 0 atom stereocenters. The lowest BCUT2D eigenvalue weighted by Gasteiger charge is -2.16. The van der Waals surface area contributed by atoms with Gasteiger partial charge in [0.05, 0.1) is 17.7 Å². The Morgan fingerprint density at radius 2 is 1.71 bits per heavy atom. The minimum atomic E-state index is -1.06. The van der Waals surface area contributed by atoms with Crippen molar-refractivity contribution in [2.45, 2.75) is 19.8 Å². The number of benzene rings is 1. The van der Waals surface area contributed by atoms with Gasteiger partial charge < -0.3 is 14.4 Å². The molecule has 0 aromatic heterocycles. The maximum absolute atomic E-state index is 12.4. The zero-order valence-corrected chi connectivity index (χ0v) is 11.8. The minimum absolute atomic E-state index is 0.0717. The van der Waals surface area contributed by atoms with Crippen LogP contribution in [0.2, 0.25) is 0 Å². The fourth-order valence-corrected chi connectivity index (χ4v) is 2.22. The van der Waals surface area contributed by atoms with E-state index >= 15 is 0 Å². The van der Waals surface area contributed by atoms with Gasteiger partial charge in [0.25, 0.3) is 5.91 Å². The number of hydrogen-bond donors (Lipinski definition) is 0. The lowest BCUT2D eigenvalue weighted by Crippen LogP contribution is -2.29. The highest BCUT2D eigenvalue weighted by Crippen LogP contribution is 2.17. The van der Waals surface area contributed by atoms with Gasteiger partial charge >= 0.3 is 12.1 Å². The summed E-state index contributed by atoms with van der Waals surface area (Å²) in [6.45, 7) is 3.08. The van der Waals surface area contributed by atoms with Gasteiger partial charge in [-0.2, -0.15) is 0 Å². The number of rotatable bonds is 3. The van der Waals surface area contributed by atoms with E-state index < -0.39 is 12.1 Å². The topological polar surface area (TPSA) is 72.9 Å². The number of nitrogens with zero attached hydrogens (tertiary/aromatic N) is 1. The second-order valence-electron chi connectivity index (χ2n) is 4.62. The van der Waals surface area contributed by atoms with Crippen molar-refractivity contribution in [1.29, 1.82) is 0 Å². The second-order valence-corrected chi connectivity index (χ2v) is 4.62. The Labute approximate surface area is 122 Å². The van der Waals surface area contributed by atoms with Crippen LogP contribution >= 0.6 is 0 Å². The molecular weight excluding hydrogens is 274 g/mol. The first-order chi connectivity index (χ1) is 10.1. The quantitative estimate of drug-likeness (QED) is 0.630. The second kappa shape index (κ2) is 6.88. The van der Waals surface area contributed by atoms with Crippen LogP contribution < -0.4 is 0 Å². The summed E-state index contributed by atoms with van der Waals surface area (Å²) in [5.41, 5.74) is 0.316. The normalized spacial score (nSPS) is 13.9. The molecule has 1 aliphatic rings. The minimum Gasteiger partial charge on any atom is -0.434 e. The van der Waals surface area contributed by atoms with Crippen molar-refractivity contribution in [1.82, 2.24) is 4.90 Å². The summed E-state index contributed by atoms with van der Waals surface area (Å²) in [5.74, 6) is -1.10. The maximum atomic E-state index is 12.4. The van der Waals surface area contributed by atoms with E-state index in [-0.39, 0.29) is 23.6 Å². The summed E-state index contributed by atoms with van der Waals surface area (Å²) >= 11 is 0. The Morgan fingerprint density at radius 1 is 1.10 bits per heavy atom. The highest BCUT2D eigenvalue weighted by molar-refractivity contribution is 6.07. The van der Waals surface area contributed by atoms with Crippen LogP contribution in [-0.2, 0) is 9.47 Å². The summed E-state index contributed by atoms with van der Waals surface area (Å²) in [4.78, 5) is 37.3. The van der Waals surface area contributed by atoms with Gasteiger partial charge in [0.1, 0.15) is 0 Å². The van der Waals surface area contributed by atoms with Crippen LogP contribution in [0.4, 0.5) is 4.79 Å². The Kier molecular flexibility index (Phi) is 4.92. The van der Waals surface area contributed by atoms with Crippen molar-refractivity contribution in [3.8, 4) is 0 Å². The van der Waals surface area contributed by atoms with Crippen molar-refractivity contribution < 1.29 is 23.9 Å². The largest absolute Gasteiger partial charge is 0.516 e. The predicted molar refractivity (Wildman–Crippen MR) is 74.0 cm³/mol. The number of amides is 1. The Balaban J connectivity index is 2.18. The standard InChI is InChI=1S/C15H17NO5/c1-2-20-15(19)21-14(18)12-8-4-3-7-11(12)13(17)16-9-5-6-10-16/h3-4,7-8H,2,5-6,9-10H2,1H3. The lowest BCUT2D eigenvalue weighted by atomic mass is 10.1. The monoisotopic (exact) mass is 291 g/mol. The molecule has 0 radical (unpaired) electrons. The summed E-state index contributed by atoms with van der Waals surface area (Å²) in [6.07, 6.45) is 0.855. The van der Waals surface area contributed by atoms with E-state index in [1.165, 1.54) is 6.07 Å². The fourth-order valence-electron chi connectivity index (χ4n) is 2.22. The van der Waals surface area contributed by atoms with Crippen LogP contribution in [0.15, 0.2) is 24.3 Å². The van der Waals surface area contributed by atoms with Gasteiger partial charge in [-0.25, -0.2) is 9.59 Å². The van der Waals surface area contributed by atoms with Crippen LogP contribution in [0.5, 0.6) is 0 Å². The number of carbonyl (C=O) groups excluding carboxylic acids is 3. The Bertz CT molecular complexity index is 549. The Morgan fingerprint density at radius 3 is 2.33 bits per heavy atom. The molecule has 0 N–H and O–H groups in total. The smallest absolute Gasteiger partial charge is 0.434 e. The molecule has 0 saturated carbocycles. The molecule has 1 fully saturated rings. The maximum Gasteiger partial charge on any atom is 0.516 e. The first-order valence-corrected chi connectivity index (χ1v) is 6.90. The zero-order valence-electron chi connectivity index (χ0n) is 11.8. The molecule has 0 aliphatic carbocycles. The first-order valence-electron chi connectivity index (χ1n) is 6.90. The molecule has 6 heteroatoms. The molecule has 0 bridgehead atoms. The van der Waals surface area contributed by atoms with E-state index in [1.807, 2.05) is 0 Å². The fraction of sp³-hybridized carbons (Fsp3) is 0.400. The molecule has 1 amide bonds. The molecule has 1 aromatic carbocycles. The molecule has 6 nitrogen and oxygen atoms in total. The lowest BCUT2D eigenvalue weighted by molar-refractivity contribution is 0.0397. The molecular formula is C15H17NO5. The summed E-state index contributed by atoms with van der Waals surface area (Å²) in [6, 6.07) is 6.31. The van der Waals surface area contributed by atoms with E-state index in [1.54, 1.807) is 30.0 Å². The molecule has 2 rings (SSSR count). The van der Waals surface area contributed by atoms with Gasteiger partial charge in [0, 0.05) is 13.1 Å². The zero-order chi connectivity index (χ0) is 15.2. The summed E-state index contributed by atoms with van der Waals surface area (Å²) in [5, 5.41) is 0. The van der Waals surface area contributed by atoms with Crippen molar-refractivity contribution in [2.75, 3.05) is 19.7 Å². The van der Waals surface area contributed by atoms with Gasteiger partial charge in [0.2, 0.25) is 0 Å². The molecule has 0 unspecified atom stereocenters. The van der Waals surface area contributed by atoms with E-state index in [4.69, 9.17) is 0 Å². The van der Waals surface area contributed by atoms with Crippen molar-refractivity contribution in [3.05, 3.63) is 35.4 Å². The van der Waals surface area contributed by atoms with Crippen LogP contribution in [-0.4, -0.2) is 42.6 Å². The molecule has 1 saturated heterocycles. The number of esters is 1. The molecule has 1 aliphatic heterocycles. The molecule has 112 valence electrons. The molecule has 21 heavy (non-hydrogen) atoms. The SMILES string of the molecule is CCOC(=O)OC(=O)c1ccccc1C(=O)N1CCCC1. The van der Waals surface area contributed by atoms with Gasteiger partial charge in [-0.3, -0.25) is 4.79 Å². The Hall–Kier alpha value is -2.37. The van der Waals surface area contributed by atoms with E-state index in [0.29, 0.717) is 13.1 Å². The van der Waals surface area contributed by atoms with Crippen molar-refractivity contribution >= 4 is 18.0 Å². The average molecular weight is 291 g/mol. The number of ether oxygens (including phenoxy) is 2. The van der Waals surface area contributed by atoms with Crippen LogP contribution in [0.1, 0.15) is 40.5 Å². The molecule has 1 aromatic rings. The number of likely N-dealkylation sites (tertiary alicyclic amines) is 1. The molecule has 1 heterocycles. The summed E-state index contributed by atoms with van der Waals surface area (Å²) in [7, 11) is 0. The van der Waals surface area contributed by atoms with Crippen LogP contribution in [0, 0.1) is 0 Å². The van der Waals surface area contributed by atoms with Gasteiger partial charge in [-0.05, 0) is 31.9 Å². The third-order valence-electron chi connectivity index (χ3n) is 3.21. The van der Waals surface area contributed by atoms with Crippen molar-refractivity contribution in [3.63, 3.8) is 0 Å². The van der Waals surface area contributed by atoms with Crippen LogP contribution in [0.3, 0.4) is 0 Å². The highest BCUT2D eigenvalue weighted by atomic mass is 16.7.